The minimum absolute atomic E-state index is 0.0821. The van der Waals surface area contributed by atoms with Gasteiger partial charge in [-0.05, 0) is 25.7 Å². The number of urea groups is 1. The Balaban J connectivity index is 1.42. The molecule has 1 aliphatic carbocycles. The van der Waals surface area contributed by atoms with Crippen LogP contribution in [-0.2, 0) is 27.7 Å². The normalized spacial score (nSPS) is 28.5. The maximum Gasteiger partial charge on any atom is 0.469 e. The monoisotopic (exact) mass is 582 g/mol. The average molecular weight is 582 g/mol. The van der Waals surface area contributed by atoms with Crippen LogP contribution < -0.4 is 10.6 Å². The summed E-state index contributed by atoms with van der Waals surface area (Å²) in [5.74, 6) is 0.0821. The number of aliphatic hydroxyl groups excluding tert-OH is 1. The number of imidazole rings is 1. The topological polar surface area (TPSA) is 257 Å². The zero-order chi connectivity index (χ0) is 27.7. The van der Waals surface area contributed by atoms with Crippen LogP contribution in [0.5, 0.6) is 0 Å². The molecular formula is C18H28N6O12P2. The lowest BCUT2D eigenvalue weighted by Gasteiger charge is -2.28. The molecule has 2 fully saturated rings. The molecule has 3 heterocycles. The minimum atomic E-state index is -4.79. The molecule has 0 aromatic carbocycles. The third-order valence-corrected chi connectivity index (χ3v) is 7.21. The molecular weight excluding hydrogens is 554 g/mol. The van der Waals surface area contributed by atoms with Crippen LogP contribution in [0, 0.1) is 0 Å². The highest BCUT2D eigenvalue weighted by Gasteiger charge is 2.46. The molecule has 0 radical (unpaired) electrons. The average Bonchev–Trinajstić information content (AvgIpc) is 3.38. The third-order valence-electron chi connectivity index (χ3n) is 6.15. The maximum atomic E-state index is 12.6. The van der Waals surface area contributed by atoms with Crippen molar-refractivity contribution in [1.29, 1.82) is 0 Å². The van der Waals surface area contributed by atoms with Crippen molar-refractivity contribution in [3.63, 3.8) is 0 Å². The number of nitrogens with zero attached hydrogens (tertiary/aromatic N) is 4. The summed E-state index contributed by atoms with van der Waals surface area (Å²) >= 11 is 0. The third kappa shape index (κ3) is 7.11. The lowest BCUT2D eigenvalue weighted by atomic mass is 9.93. The van der Waals surface area contributed by atoms with Gasteiger partial charge in [0, 0.05) is 13.2 Å². The van der Waals surface area contributed by atoms with E-state index in [1.54, 1.807) is 0 Å². The van der Waals surface area contributed by atoms with Crippen LogP contribution in [-0.4, -0.2) is 94.4 Å². The number of amides is 2. The number of hydrogen-bond donors (Lipinski definition) is 7. The smallest absolute Gasteiger partial charge is 0.387 e. The predicted molar refractivity (Wildman–Crippen MR) is 125 cm³/mol. The molecule has 0 bridgehead atoms. The zero-order valence-corrected chi connectivity index (χ0v) is 21.7. The molecule has 0 unspecified atom stereocenters. The maximum absolute atomic E-state index is 12.6. The number of carbonyl (C=O) groups excluding carboxylic acids is 1. The van der Waals surface area contributed by atoms with Gasteiger partial charge in [0.25, 0.3) is 0 Å². The molecule has 2 aromatic heterocycles. The number of aliphatic hydroxyl groups is 1. The quantitative estimate of drug-likeness (QED) is 0.188. The van der Waals surface area contributed by atoms with Crippen molar-refractivity contribution < 1.29 is 57.1 Å². The second-order valence-corrected chi connectivity index (χ2v) is 11.2. The lowest BCUT2D eigenvalue weighted by molar-refractivity contribution is -0.0578. The molecule has 4 atom stereocenters. The van der Waals surface area contributed by atoms with Gasteiger partial charge in [0.1, 0.15) is 24.6 Å². The summed E-state index contributed by atoms with van der Waals surface area (Å²) in [6.07, 6.45) is -0.788. The Hall–Kier alpha value is -2.08. The van der Waals surface area contributed by atoms with Crippen molar-refractivity contribution in [2.24, 2.45) is 0 Å². The van der Waals surface area contributed by atoms with E-state index in [9.17, 15) is 19.0 Å². The van der Waals surface area contributed by atoms with Crippen molar-refractivity contribution in [3.8, 4) is 0 Å². The number of phosphoric acid groups is 2. The first-order valence-electron chi connectivity index (χ1n) is 11.4. The van der Waals surface area contributed by atoms with Gasteiger partial charge in [-0.25, -0.2) is 28.9 Å². The summed E-state index contributed by atoms with van der Waals surface area (Å²) in [5, 5.41) is 15.9. The predicted octanol–water partition coefficient (Wildman–Crippen LogP) is -0.249. The zero-order valence-electron chi connectivity index (χ0n) is 19.9. The SMILES string of the molecule is CO[C@@H]1[C@H](O)[C@@H](COP(=O)(O)O)O[C@H]1n1cnc2c(NC(=O)NC3CCC(OP(=O)(O)O)CC3)ncnc21. The number of nitrogens with one attached hydrogen (secondary N) is 2. The van der Waals surface area contributed by atoms with Crippen molar-refractivity contribution in [3.05, 3.63) is 12.7 Å². The van der Waals surface area contributed by atoms with E-state index in [0.29, 0.717) is 25.7 Å². The molecule has 1 saturated carbocycles. The Labute approximate surface area is 215 Å². The Bertz CT molecular complexity index is 1230. The molecule has 1 aliphatic heterocycles. The van der Waals surface area contributed by atoms with E-state index >= 15 is 0 Å². The highest BCUT2D eigenvalue weighted by atomic mass is 31.2. The number of anilines is 1. The highest BCUT2D eigenvalue weighted by molar-refractivity contribution is 7.46. The number of hydrogen-bond acceptors (Lipinski definition) is 11. The molecule has 7 N–H and O–H groups in total. The standard InChI is InChI=1S/C18H28N6O12P2/c1-33-14-13(25)11(6-34-37(27,28)29)35-17(14)24-8-21-12-15(19-7-20-16(12)24)23-18(26)22-9-2-4-10(5-3-9)36-38(30,31)32/h7-11,13-14,17,25H,2-6H2,1H3,(H2,27,28,29)(H2,30,31,32)(H2,19,20,22,23,26)/t9?,10?,11-,13-,14-,17-/m1/s1. The van der Waals surface area contributed by atoms with E-state index < -0.39 is 58.9 Å². The molecule has 2 aliphatic rings. The van der Waals surface area contributed by atoms with Gasteiger partial charge in [0.15, 0.2) is 23.2 Å². The van der Waals surface area contributed by atoms with E-state index in [1.807, 2.05) is 0 Å². The minimum Gasteiger partial charge on any atom is -0.387 e. The molecule has 38 heavy (non-hydrogen) atoms. The summed E-state index contributed by atoms with van der Waals surface area (Å²) in [6.45, 7) is -0.594. The number of ether oxygens (including phenoxy) is 2. The highest BCUT2D eigenvalue weighted by Crippen LogP contribution is 2.41. The molecule has 212 valence electrons. The first-order chi connectivity index (χ1) is 17.8. The second kappa shape index (κ2) is 11.6. The largest absolute Gasteiger partial charge is 0.469 e. The Morgan fingerprint density at radius 1 is 1.13 bits per heavy atom. The van der Waals surface area contributed by atoms with Crippen molar-refractivity contribution in [2.75, 3.05) is 19.0 Å². The van der Waals surface area contributed by atoms with Crippen molar-refractivity contribution >= 4 is 38.7 Å². The van der Waals surface area contributed by atoms with E-state index in [1.165, 1.54) is 24.3 Å². The molecule has 2 aromatic rings. The van der Waals surface area contributed by atoms with Gasteiger partial charge in [-0.2, -0.15) is 0 Å². The summed E-state index contributed by atoms with van der Waals surface area (Å²) in [6, 6.07) is -0.819. The number of rotatable bonds is 9. The fourth-order valence-electron chi connectivity index (χ4n) is 4.47. The fraction of sp³-hybridized carbons (Fsp3) is 0.667. The Kier molecular flexibility index (Phi) is 8.81. The van der Waals surface area contributed by atoms with E-state index in [4.69, 9.17) is 33.6 Å². The van der Waals surface area contributed by atoms with Crippen LogP contribution in [0.2, 0.25) is 0 Å². The van der Waals surface area contributed by atoms with Crippen LogP contribution in [0.25, 0.3) is 11.2 Å². The van der Waals surface area contributed by atoms with Gasteiger partial charge >= 0.3 is 21.7 Å². The van der Waals surface area contributed by atoms with Gasteiger partial charge in [-0.3, -0.25) is 18.9 Å². The number of phosphoric ester groups is 2. The van der Waals surface area contributed by atoms with Gasteiger partial charge in [0.05, 0.1) is 19.0 Å². The molecule has 18 nitrogen and oxygen atoms in total. The van der Waals surface area contributed by atoms with Crippen molar-refractivity contribution in [2.45, 2.75) is 62.4 Å². The Morgan fingerprint density at radius 2 is 1.84 bits per heavy atom. The van der Waals surface area contributed by atoms with E-state index in [-0.39, 0.29) is 23.0 Å². The lowest BCUT2D eigenvalue weighted by Crippen LogP contribution is -2.41. The number of methoxy groups -OCH3 is 1. The summed E-state index contributed by atoms with van der Waals surface area (Å²) < 4.78 is 43.7. The van der Waals surface area contributed by atoms with Crippen LogP contribution in [0.3, 0.4) is 0 Å². The summed E-state index contributed by atoms with van der Waals surface area (Å²) in [7, 11) is -8.04. The summed E-state index contributed by atoms with van der Waals surface area (Å²) in [5.41, 5.74) is 0.422. The van der Waals surface area contributed by atoms with Crippen LogP contribution in [0.15, 0.2) is 12.7 Å². The van der Waals surface area contributed by atoms with Gasteiger partial charge in [-0.15, -0.1) is 0 Å². The molecule has 0 spiro atoms. The first-order valence-corrected chi connectivity index (χ1v) is 14.5. The van der Waals surface area contributed by atoms with Crippen LogP contribution in [0.1, 0.15) is 31.9 Å². The number of fused-ring (bicyclic) bond motifs is 1. The Morgan fingerprint density at radius 3 is 2.47 bits per heavy atom. The molecule has 4 rings (SSSR count). The van der Waals surface area contributed by atoms with Crippen LogP contribution in [0.4, 0.5) is 10.6 Å². The van der Waals surface area contributed by atoms with Gasteiger partial charge < -0.3 is 39.5 Å². The van der Waals surface area contributed by atoms with E-state index in [2.05, 4.69) is 30.1 Å². The fourth-order valence-corrected chi connectivity index (χ4v) is 5.41. The second-order valence-electron chi connectivity index (χ2n) is 8.76. The molecule has 20 heteroatoms. The molecule has 1 saturated heterocycles. The van der Waals surface area contributed by atoms with Crippen LogP contribution >= 0.6 is 15.6 Å². The first kappa shape index (κ1) is 28.9. The van der Waals surface area contributed by atoms with Gasteiger partial charge in [-0.1, -0.05) is 0 Å². The van der Waals surface area contributed by atoms with Gasteiger partial charge in [0.2, 0.25) is 0 Å². The van der Waals surface area contributed by atoms with E-state index in [0.717, 1.165) is 0 Å². The summed E-state index contributed by atoms with van der Waals surface area (Å²) in [4.78, 5) is 60.9. The number of aromatic nitrogens is 4. The molecule has 2 amide bonds. The number of carbonyl (C=O) groups is 1. The van der Waals surface area contributed by atoms with Crippen molar-refractivity contribution in [1.82, 2.24) is 24.8 Å².